The van der Waals surface area contributed by atoms with Crippen LogP contribution in [0, 0.1) is 5.92 Å². The number of benzene rings is 1. The first-order valence-electron chi connectivity index (χ1n) is 9.33. The molecule has 142 valence electrons. The zero-order chi connectivity index (χ0) is 17.5. The lowest BCUT2D eigenvalue weighted by molar-refractivity contribution is -0.130. The van der Waals surface area contributed by atoms with E-state index in [9.17, 15) is 4.79 Å². The Morgan fingerprint density at radius 1 is 1.08 bits per heavy atom. The van der Waals surface area contributed by atoms with Gasteiger partial charge in [0, 0.05) is 30.3 Å². The first-order valence-corrected chi connectivity index (χ1v) is 10.2. The van der Waals surface area contributed by atoms with Crippen molar-refractivity contribution in [1.29, 1.82) is 0 Å². The Kier molecular flexibility index (Phi) is 8.63. The standard InChI is InChI=1S/C21H28N2OS.ClH/c22-14-18-15-23(16-20(18)17-8-3-1-4-9-17)21(24)12-6-2-5-10-19-11-7-13-25-19;/h1,3-4,7-9,11,13,18,20H,2,5-6,10,12,14-16,22H2;1H/t18-,20+;/m1./s1. The van der Waals surface area contributed by atoms with Crippen molar-refractivity contribution < 1.29 is 4.79 Å². The SMILES string of the molecule is Cl.NC[C@@H]1CN(C(=O)CCCCCc2cccs2)C[C@H]1c1ccccc1. The number of rotatable bonds is 8. The van der Waals surface area contributed by atoms with Crippen LogP contribution in [-0.2, 0) is 11.2 Å². The lowest BCUT2D eigenvalue weighted by Crippen LogP contribution is -2.29. The van der Waals surface area contributed by atoms with Crippen molar-refractivity contribution in [2.24, 2.45) is 11.7 Å². The van der Waals surface area contributed by atoms with Crippen LogP contribution < -0.4 is 5.73 Å². The van der Waals surface area contributed by atoms with Crippen LogP contribution >= 0.6 is 23.7 Å². The molecule has 2 N–H and O–H groups in total. The molecule has 26 heavy (non-hydrogen) atoms. The summed E-state index contributed by atoms with van der Waals surface area (Å²) in [4.78, 5) is 16.0. The monoisotopic (exact) mass is 392 g/mol. The summed E-state index contributed by atoms with van der Waals surface area (Å²) in [5.41, 5.74) is 7.28. The molecule has 0 radical (unpaired) electrons. The van der Waals surface area contributed by atoms with E-state index in [0.29, 0.717) is 30.7 Å². The summed E-state index contributed by atoms with van der Waals surface area (Å²) < 4.78 is 0. The van der Waals surface area contributed by atoms with Gasteiger partial charge in [-0.3, -0.25) is 4.79 Å². The highest BCUT2D eigenvalue weighted by Gasteiger charge is 2.34. The Balaban J connectivity index is 0.00000243. The first-order chi connectivity index (χ1) is 12.3. The molecule has 0 aliphatic carbocycles. The minimum Gasteiger partial charge on any atom is -0.342 e. The molecule has 3 rings (SSSR count). The van der Waals surface area contributed by atoms with Gasteiger partial charge < -0.3 is 10.6 Å². The number of hydrogen-bond acceptors (Lipinski definition) is 3. The highest BCUT2D eigenvalue weighted by Crippen LogP contribution is 2.32. The van der Waals surface area contributed by atoms with Gasteiger partial charge in [0.05, 0.1) is 0 Å². The summed E-state index contributed by atoms with van der Waals surface area (Å²) >= 11 is 1.82. The topological polar surface area (TPSA) is 46.3 Å². The molecule has 1 amide bonds. The van der Waals surface area contributed by atoms with E-state index < -0.39 is 0 Å². The number of unbranched alkanes of at least 4 members (excludes halogenated alkanes) is 2. The molecule has 1 aromatic heterocycles. The third kappa shape index (κ3) is 5.57. The van der Waals surface area contributed by atoms with E-state index in [1.807, 2.05) is 22.3 Å². The minimum absolute atomic E-state index is 0. The second-order valence-electron chi connectivity index (χ2n) is 6.95. The molecular weight excluding hydrogens is 364 g/mol. The zero-order valence-corrected chi connectivity index (χ0v) is 16.8. The molecule has 5 heteroatoms. The highest BCUT2D eigenvalue weighted by atomic mass is 35.5. The number of nitrogens with zero attached hydrogens (tertiary/aromatic N) is 1. The lowest BCUT2D eigenvalue weighted by Gasteiger charge is -2.17. The first kappa shape index (κ1) is 20.9. The van der Waals surface area contributed by atoms with Gasteiger partial charge in [-0.2, -0.15) is 0 Å². The maximum Gasteiger partial charge on any atom is 0.222 e. The Hall–Kier alpha value is -1.36. The summed E-state index contributed by atoms with van der Waals surface area (Å²) in [6.45, 7) is 2.27. The molecule has 1 aliphatic heterocycles. The normalized spacial score (nSPS) is 19.3. The number of halogens is 1. The number of hydrogen-bond donors (Lipinski definition) is 1. The van der Waals surface area contributed by atoms with Crippen molar-refractivity contribution in [3.8, 4) is 0 Å². The van der Waals surface area contributed by atoms with Gasteiger partial charge in [0.15, 0.2) is 0 Å². The van der Waals surface area contributed by atoms with Crippen LogP contribution in [0.3, 0.4) is 0 Å². The predicted molar refractivity (Wildman–Crippen MR) is 112 cm³/mol. The average Bonchev–Trinajstić information content (AvgIpc) is 3.31. The van der Waals surface area contributed by atoms with Gasteiger partial charge in [0.2, 0.25) is 5.91 Å². The van der Waals surface area contributed by atoms with E-state index in [1.54, 1.807) is 0 Å². The molecule has 0 saturated carbocycles. The van der Waals surface area contributed by atoms with Crippen molar-refractivity contribution in [2.75, 3.05) is 19.6 Å². The number of likely N-dealkylation sites (tertiary alicyclic amines) is 1. The molecule has 2 atom stereocenters. The zero-order valence-electron chi connectivity index (χ0n) is 15.2. The van der Waals surface area contributed by atoms with Gasteiger partial charge in [-0.1, -0.05) is 42.8 Å². The Morgan fingerprint density at radius 3 is 2.58 bits per heavy atom. The van der Waals surface area contributed by atoms with Crippen molar-refractivity contribution in [3.63, 3.8) is 0 Å². The lowest BCUT2D eigenvalue weighted by atomic mass is 9.89. The molecule has 1 aromatic carbocycles. The van der Waals surface area contributed by atoms with E-state index in [1.165, 1.54) is 16.9 Å². The molecule has 2 aromatic rings. The van der Waals surface area contributed by atoms with E-state index in [4.69, 9.17) is 5.73 Å². The maximum atomic E-state index is 12.6. The molecule has 2 heterocycles. The van der Waals surface area contributed by atoms with Crippen molar-refractivity contribution >= 4 is 29.7 Å². The van der Waals surface area contributed by atoms with Crippen LogP contribution in [0.5, 0.6) is 0 Å². The van der Waals surface area contributed by atoms with Gasteiger partial charge in [0.25, 0.3) is 0 Å². The van der Waals surface area contributed by atoms with Crippen LogP contribution in [0.15, 0.2) is 47.8 Å². The maximum absolute atomic E-state index is 12.6. The molecule has 0 bridgehead atoms. The van der Waals surface area contributed by atoms with Gasteiger partial charge in [-0.05, 0) is 48.7 Å². The van der Waals surface area contributed by atoms with Crippen molar-refractivity contribution in [1.82, 2.24) is 4.90 Å². The van der Waals surface area contributed by atoms with E-state index in [0.717, 1.165) is 32.4 Å². The summed E-state index contributed by atoms with van der Waals surface area (Å²) in [5.74, 6) is 1.06. The summed E-state index contributed by atoms with van der Waals surface area (Å²) in [6.07, 6.45) is 5.10. The van der Waals surface area contributed by atoms with E-state index >= 15 is 0 Å². The number of nitrogens with two attached hydrogens (primary N) is 1. The van der Waals surface area contributed by atoms with E-state index in [2.05, 4.69) is 41.8 Å². The van der Waals surface area contributed by atoms with Gasteiger partial charge in [0.1, 0.15) is 0 Å². The molecule has 1 fully saturated rings. The van der Waals surface area contributed by atoms with Crippen molar-refractivity contribution in [2.45, 2.75) is 38.0 Å². The molecule has 1 saturated heterocycles. The van der Waals surface area contributed by atoms with Crippen LogP contribution in [0.25, 0.3) is 0 Å². The fourth-order valence-electron chi connectivity index (χ4n) is 3.76. The Morgan fingerprint density at radius 2 is 1.88 bits per heavy atom. The van der Waals surface area contributed by atoms with Gasteiger partial charge in [-0.15, -0.1) is 23.7 Å². The molecule has 3 nitrogen and oxygen atoms in total. The summed E-state index contributed by atoms with van der Waals surface area (Å²) in [7, 11) is 0. The van der Waals surface area contributed by atoms with Crippen LogP contribution in [-0.4, -0.2) is 30.4 Å². The Bertz CT molecular complexity index is 647. The third-order valence-electron chi connectivity index (χ3n) is 5.22. The van der Waals surface area contributed by atoms with Gasteiger partial charge >= 0.3 is 0 Å². The van der Waals surface area contributed by atoms with E-state index in [-0.39, 0.29) is 12.4 Å². The highest BCUT2D eigenvalue weighted by molar-refractivity contribution is 7.09. The fourth-order valence-corrected chi connectivity index (χ4v) is 4.51. The molecule has 0 unspecified atom stereocenters. The summed E-state index contributed by atoms with van der Waals surface area (Å²) in [6, 6.07) is 14.8. The largest absolute Gasteiger partial charge is 0.342 e. The number of carbonyl (C=O) groups is 1. The third-order valence-corrected chi connectivity index (χ3v) is 6.15. The average molecular weight is 393 g/mol. The van der Waals surface area contributed by atoms with Crippen LogP contribution in [0.4, 0.5) is 0 Å². The minimum atomic E-state index is 0. The quantitative estimate of drug-likeness (QED) is 0.673. The van der Waals surface area contributed by atoms with Gasteiger partial charge in [-0.25, -0.2) is 0 Å². The smallest absolute Gasteiger partial charge is 0.222 e. The second kappa shape index (κ2) is 10.7. The number of aryl methyl sites for hydroxylation is 1. The molecular formula is C21H29ClN2OS. The molecule has 0 spiro atoms. The predicted octanol–water partition coefficient (Wildman–Crippen LogP) is 4.47. The number of thiophene rings is 1. The summed E-state index contributed by atoms with van der Waals surface area (Å²) in [5, 5.41) is 2.13. The fraction of sp³-hybridized carbons (Fsp3) is 0.476. The van der Waals surface area contributed by atoms with Crippen molar-refractivity contribution in [3.05, 3.63) is 58.3 Å². The number of amides is 1. The van der Waals surface area contributed by atoms with Crippen LogP contribution in [0.2, 0.25) is 0 Å². The second-order valence-corrected chi connectivity index (χ2v) is 7.98. The van der Waals surface area contributed by atoms with Crippen LogP contribution in [0.1, 0.15) is 42.0 Å². The molecule has 1 aliphatic rings. The Labute approximate surface area is 167 Å². The number of carbonyl (C=O) groups excluding carboxylic acids is 1.